The van der Waals surface area contributed by atoms with Gasteiger partial charge >= 0.3 is 0 Å². The van der Waals surface area contributed by atoms with Crippen LogP contribution in [0.15, 0.2) is 0 Å². The molecular formula is C6H11NS2. The van der Waals surface area contributed by atoms with Gasteiger partial charge in [-0.15, -0.1) is 0 Å². The summed E-state index contributed by atoms with van der Waals surface area (Å²) in [7, 11) is 0. The smallest absolute Gasteiger partial charge is 0.0467 e. The topological polar surface area (TPSA) is 3.24 Å². The Morgan fingerprint density at radius 1 is 1.33 bits per heavy atom. The van der Waals surface area contributed by atoms with E-state index in [1.54, 1.807) is 0 Å². The molecule has 0 aromatic rings. The Kier molecular flexibility index (Phi) is 3.89. The standard InChI is InChI=1S/C5H9NS2.CH3/c7-5(8)6-3-1-2-4-6;/h1-4H2,(H,7,8);1H3/q;+1/p-1. The molecule has 9 heavy (non-hydrogen) atoms. The van der Waals surface area contributed by atoms with Crippen molar-refractivity contribution in [2.45, 2.75) is 12.8 Å². The second kappa shape index (κ2) is 3.90. The first-order valence-corrected chi connectivity index (χ1v) is 3.58. The number of nitrogens with zero attached hydrogens (tertiary/aromatic N) is 1. The van der Waals surface area contributed by atoms with Gasteiger partial charge in [-0.2, -0.15) is 0 Å². The quantitative estimate of drug-likeness (QED) is 0.300. The highest BCUT2D eigenvalue weighted by Crippen LogP contribution is 2.06. The van der Waals surface area contributed by atoms with Crippen LogP contribution in [-0.2, 0) is 12.6 Å². The molecule has 0 N–H and O–H groups in total. The van der Waals surface area contributed by atoms with Gasteiger partial charge in [0.05, 0.1) is 0 Å². The predicted molar refractivity (Wildman–Crippen MR) is 47.2 cm³/mol. The largest absolute Gasteiger partial charge is 0.411 e. The summed E-state index contributed by atoms with van der Waals surface area (Å²) in [6.07, 6.45) is 2.52. The second-order valence-electron chi connectivity index (χ2n) is 1.96. The maximum absolute atomic E-state index is 4.80. The Morgan fingerprint density at radius 2 is 1.78 bits per heavy atom. The zero-order valence-corrected chi connectivity index (χ0v) is 7.23. The molecule has 0 saturated carbocycles. The van der Waals surface area contributed by atoms with Gasteiger partial charge in [-0.1, -0.05) is 4.32 Å². The lowest BCUT2D eigenvalue weighted by Crippen LogP contribution is -2.23. The van der Waals surface area contributed by atoms with Crippen LogP contribution >= 0.6 is 12.2 Å². The summed E-state index contributed by atoms with van der Waals surface area (Å²) < 4.78 is 0.641. The average Bonchev–Trinajstić information content (AvgIpc) is 2.12. The Morgan fingerprint density at radius 3 is 2.00 bits per heavy atom. The molecule has 0 spiro atoms. The van der Waals surface area contributed by atoms with Crippen LogP contribution in [-0.4, -0.2) is 22.3 Å². The first-order valence-electron chi connectivity index (χ1n) is 2.76. The first-order chi connectivity index (χ1) is 3.80. The molecule has 0 atom stereocenters. The van der Waals surface area contributed by atoms with Crippen molar-refractivity contribution in [3.8, 4) is 0 Å². The molecule has 0 bridgehead atoms. The third kappa shape index (κ3) is 2.37. The minimum absolute atomic E-state index is 0. The maximum atomic E-state index is 4.80. The van der Waals surface area contributed by atoms with Crippen LogP contribution in [0.5, 0.6) is 0 Å². The Bertz CT molecular complexity index is 97.2. The molecule has 3 heteroatoms. The van der Waals surface area contributed by atoms with Gasteiger partial charge < -0.3 is 29.7 Å². The fourth-order valence-corrected chi connectivity index (χ4v) is 1.26. The minimum Gasteiger partial charge on any atom is -0.411 e. The van der Waals surface area contributed by atoms with E-state index in [2.05, 4.69) is 4.90 Å². The van der Waals surface area contributed by atoms with Gasteiger partial charge in [0, 0.05) is 20.5 Å². The third-order valence-electron chi connectivity index (χ3n) is 1.36. The summed E-state index contributed by atoms with van der Waals surface area (Å²) in [5, 5.41) is 0. The molecule has 0 amide bonds. The van der Waals surface area contributed by atoms with E-state index in [-0.39, 0.29) is 7.43 Å². The van der Waals surface area contributed by atoms with Crippen molar-refractivity contribution in [2.75, 3.05) is 13.1 Å². The summed E-state index contributed by atoms with van der Waals surface area (Å²) >= 11 is 9.59. The zero-order chi connectivity index (χ0) is 5.98. The van der Waals surface area contributed by atoms with Crippen molar-refractivity contribution in [3.63, 3.8) is 0 Å². The molecule has 1 fully saturated rings. The molecule has 1 heterocycles. The zero-order valence-electron chi connectivity index (χ0n) is 5.59. The van der Waals surface area contributed by atoms with E-state index in [1.807, 2.05) is 0 Å². The highest BCUT2D eigenvalue weighted by atomic mass is 32.1. The summed E-state index contributed by atoms with van der Waals surface area (Å²) in [5.41, 5.74) is 0. The molecule has 0 aromatic heterocycles. The number of rotatable bonds is 0. The lowest BCUT2D eigenvalue weighted by atomic mass is 10.4. The van der Waals surface area contributed by atoms with Gasteiger partial charge in [0.25, 0.3) is 0 Å². The molecular weight excluding hydrogens is 150 g/mol. The van der Waals surface area contributed by atoms with E-state index in [0.717, 1.165) is 13.1 Å². The second-order valence-corrected chi connectivity index (χ2v) is 2.99. The van der Waals surface area contributed by atoms with E-state index in [4.69, 9.17) is 24.8 Å². The third-order valence-corrected chi connectivity index (χ3v) is 1.88. The van der Waals surface area contributed by atoms with Gasteiger partial charge in [0.2, 0.25) is 0 Å². The maximum Gasteiger partial charge on any atom is 0.0467 e. The van der Waals surface area contributed by atoms with Gasteiger partial charge in [0.15, 0.2) is 0 Å². The first kappa shape index (κ1) is 8.98. The SMILES string of the molecule is S=C([S-])N1CCCC1.[CH3+]. The summed E-state index contributed by atoms with van der Waals surface area (Å²) in [5.74, 6) is 0. The molecule has 0 aromatic carbocycles. The average molecular weight is 161 g/mol. The van der Waals surface area contributed by atoms with E-state index >= 15 is 0 Å². The van der Waals surface area contributed by atoms with Crippen molar-refractivity contribution in [2.24, 2.45) is 0 Å². The highest BCUT2D eigenvalue weighted by molar-refractivity contribution is 8.00. The normalized spacial score (nSPS) is 17.1. The van der Waals surface area contributed by atoms with Crippen LogP contribution in [0.1, 0.15) is 12.8 Å². The molecule has 1 aliphatic rings. The number of likely N-dealkylation sites (tertiary alicyclic amines) is 1. The van der Waals surface area contributed by atoms with E-state index in [1.165, 1.54) is 12.8 Å². The molecule has 1 nitrogen and oxygen atoms in total. The number of hydrogen-bond acceptors (Lipinski definition) is 2. The van der Waals surface area contributed by atoms with Crippen molar-refractivity contribution in [1.82, 2.24) is 4.90 Å². The van der Waals surface area contributed by atoms with Crippen molar-refractivity contribution >= 4 is 29.2 Å². The van der Waals surface area contributed by atoms with E-state index in [9.17, 15) is 0 Å². The Labute approximate surface area is 67.8 Å². The number of hydrogen-bond donors (Lipinski definition) is 0. The fourth-order valence-electron chi connectivity index (χ4n) is 0.900. The van der Waals surface area contributed by atoms with Crippen LogP contribution in [0.2, 0.25) is 0 Å². The van der Waals surface area contributed by atoms with Crippen LogP contribution in [0.4, 0.5) is 0 Å². The highest BCUT2D eigenvalue weighted by Gasteiger charge is 2.06. The molecule has 0 aliphatic carbocycles. The molecule has 0 radical (unpaired) electrons. The predicted octanol–water partition coefficient (Wildman–Crippen LogP) is 1.36. The number of thiocarbonyl (C=S) groups is 1. The summed E-state index contributed by atoms with van der Waals surface area (Å²) in [6.45, 7) is 2.17. The van der Waals surface area contributed by atoms with E-state index in [0.29, 0.717) is 4.32 Å². The molecule has 1 rings (SSSR count). The summed E-state index contributed by atoms with van der Waals surface area (Å²) in [6, 6.07) is 0. The Hall–Kier alpha value is -0.0200. The van der Waals surface area contributed by atoms with Gasteiger partial charge in [-0.3, -0.25) is 0 Å². The Balaban J connectivity index is 0.000000640. The summed E-state index contributed by atoms with van der Waals surface area (Å²) in [4.78, 5) is 2.07. The molecule has 1 aliphatic heterocycles. The van der Waals surface area contributed by atoms with Crippen LogP contribution in [0.25, 0.3) is 0 Å². The van der Waals surface area contributed by atoms with Crippen molar-refractivity contribution in [1.29, 1.82) is 0 Å². The van der Waals surface area contributed by atoms with Crippen LogP contribution < -0.4 is 0 Å². The molecule has 0 unspecified atom stereocenters. The van der Waals surface area contributed by atoms with Crippen molar-refractivity contribution in [3.05, 3.63) is 7.43 Å². The van der Waals surface area contributed by atoms with Gasteiger partial charge in [-0.05, 0) is 12.8 Å². The molecule has 52 valence electrons. The van der Waals surface area contributed by atoms with Crippen LogP contribution in [0, 0.1) is 7.43 Å². The van der Waals surface area contributed by atoms with Crippen molar-refractivity contribution < 1.29 is 0 Å². The van der Waals surface area contributed by atoms with Gasteiger partial charge in [0.1, 0.15) is 0 Å². The van der Waals surface area contributed by atoms with Crippen LogP contribution in [0.3, 0.4) is 0 Å². The minimum atomic E-state index is 0. The van der Waals surface area contributed by atoms with Gasteiger partial charge in [-0.25, -0.2) is 0 Å². The lowest BCUT2D eigenvalue weighted by molar-refractivity contribution is 0.539. The monoisotopic (exact) mass is 161 g/mol. The molecule has 1 saturated heterocycles. The van der Waals surface area contributed by atoms with E-state index < -0.39 is 0 Å². The lowest BCUT2D eigenvalue weighted by Gasteiger charge is -2.20. The fraction of sp³-hybridized carbons (Fsp3) is 0.667.